The third kappa shape index (κ3) is 8.83. The van der Waals surface area contributed by atoms with E-state index >= 15 is 0 Å². The number of halogens is 4. The third-order valence-electron chi connectivity index (χ3n) is 10.3. The average Bonchev–Trinajstić information content (AvgIpc) is 3.16. The number of piperidine rings is 1. The van der Waals surface area contributed by atoms with Crippen LogP contribution in [0.3, 0.4) is 0 Å². The highest BCUT2D eigenvalue weighted by atomic mass is 32.2. The molecule has 4 aromatic carbocycles. The van der Waals surface area contributed by atoms with Crippen molar-refractivity contribution >= 4 is 21.6 Å². The summed E-state index contributed by atoms with van der Waals surface area (Å²) in [5, 5.41) is 24.1. The zero-order valence-corrected chi connectivity index (χ0v) is 30.5. The van der Waals surface area contributed by atoms with E-state index in [2.05, 4.69) is 34.3 Å². The number of sulfonamides is 1. The molecular formula is C40H41F4N5O4S. The minimum atomic E-state index is -4.87. The Morgan fingerprint density at radius 1 is 0.870 bits per heavy atom. The third-order valence-corrected chi connectivity index (χ3v) is 12.3. The highest BCUT2D eigenvalue weighted by molar-refractivity contribution is 7.89. The maximum Gasteiger partial charge on any atom is 0.417 e. The number of hydrogen-bond donors (Lipinski definition) is 2. The standard InChI is InChI=1S/C40H41F4N5O4S/c1-47-18-20-48(21-19-47)27-29-5-3-7-31(23-29)30-6-2-4-28(22-30)25-39(51,38(50)46-35-11-8-32(26-45)37(24-35)40(42,43)44)33-14-16-49(17-15-33)54(52,53)36-12-9-34(41)10-13-36/h2-13,22-24,33,51H,14-21,25,27H2,1H3,(H,46,50). The first-order chi connectivity index (χ1) is 25.7. The Hall–Kier alpha value is -4.65. The first-order valence-corrected chi connectivity index (χ1v) is 19.1. The molecule has 2 aliphatic heterocycles. The van der Waals surface area contributed by atoms with E-state index in [1.54, 1.807) is 6.07 Å². The van der Waals surface area contributed by atoms with Crippen molar-refractivity contribution in [1.82, 2.24) is 14.1 Å². The summed E-state index contributed by atoms with van der Waals surface area (Å²) in [6, 6.07) is 24.2. The Morgan fingerprint density at radius 3 is 2.09 bits per heavy atom. The maximum absolute atomic E-state index is 14.1. The number of likely N-dealkylation sites (N-methyl/N-ethyl adjacent to an activating group) is 1. The minimum Gasteiger partial charge on any atom is -0.379 e. The highest BCUT2D eigenvalue weighted by Gasteiger charge is 2.46. The van der Waals surface area contributed by atoms with Crippen molar-refractivity contribution in [3.05, 3.63) is 119 Å². The van der Waals surface area contributed by atoms with Gasteiger partial charge in [0.15, 0.2) is 0 Å². The number of carbonyl (C=O) groups excluding carboxylic acids is 1. The van der Waals surface area contributed by atoms with E-state index in [0.29, 0.717) is 11.6 Å². The van der Waals surface area contributed by atoms with E-state index in [9.17, 15) is 41.1 Å². The van der Waals surface area contributed by atoms with E-state index in [-0.39, 0.29) is 42.9 Å². The highest BCUT2D eigenvalue weighted by Crippen LogP contribution is 2.37. The molecule has 0 radical (unpaired) electrons. The molecule has 6 rings (SSSR count). The second-order valence-electron chi connectivity index (χ2n) is 14.0. The number of carbonyl (C=O) groups is 1. The largest absolute Gasteiger partial charge is 0.417 e. The molecule has 4 aromatic rings. The molecule has 9 nitrogen and oxygen atoms in total. The Morgan fingerprint density at radius 2 is 1.48 bits per heavy atom. The lowest BCUT2D eigenvalue weighted by Gasteiger charge is -2.40. The molecule has 14 heteroatoms. The van der Waals surface area contributed by atoms with E-state index in [1.165, 1.54) is 28.6 Å². The van der Waals surface area contributed by atoms with Gasteiger partial charge >= 0.3 is 6.18 Å². The molecule has 0 bridgehead atoms. The fraction of sp³-hybridized carbons (Fsp3) is 0.350. The van der Waals surface area contributed by atoms with Gasteiger partial charge in [0.05, 0.1) is 22.1 Å². The molecule has 284 valence electrons. The molecule has 0 saturated carbocycles. The van der Waals surface area contributed by atoms with Gasteiger partial charge in [-0.3, -0.25) is 9.69 Å². The van der Waals surface area contributed by atoms with Crippen molar-refractivity contribution in [2.24, 2.45) is 5.92 Å². The lowest BCUT2D eigenvalue weighted by atomic mass is 9.76. The molecule has 0 spiro atoms. The molecule has 2 heterocycles. The van der Waals surface area contributed by atoms with Crippen LogP contribution >= 0.6 is 0 Å². The summed E-state index contributed by atoms with van der Waals surface area (Å²) in [5.41, 5.74) is -0.770. The van der Waals surface area contributed by atoms with Crippen LogP contribution in [0.15, 0.2) is 95.9 Å². The fourth-order valence-corrected chi connectivity index (χ4v) is 8.69. The molecular weight excluding hydrogens is 723 g/mol. The van der Waals surface area contributed by atoms with Gasteiger partial charge in [-0.2, -0.15) is 22.7 Å². The van der Waals surface area contributed by atoms with Crippen molar-refractivity contribution in [3.63, 3.8) is 0 Å². The van der Waals surface area contributed by atoms with Crippen LogP contribution in [0, 0.1) is 23.1 Å². The quantitative estimate of drug-likeness (QED) is 0.187. The molecule has 54 heavy (non-hydrogen) atoms. The number of nitrogens with zero attached hydrogens (tertiary/aromatic N) is 4. The molecule has 1 atom stereocenters. The van der Waals surface area contributed by atoms with Crippen LogP contribution in [0.5, 0.6) is 0 Å². The van der Waals surface area contributed by atoms with Crippen LogP contribution in [0.4, 0.5) is 23.2 Å². The van der Waals surface area contributed by atoms with Crippen LogP contribution in [0.2, 0.25) is 0 Å². The van der Waals surface area contributed by atoms with Gasteiger partial charge in [0, 0.05) is 57.9 Å². The first-order valence-electron chi connectivity index (χ1n) is 17.7. The molecule has 2 N–H and O–H groups in total. The molecule has 2 fully saturated rings. The second kappa shape index (κ2) is 16.0. The van der Waals surface area contributed by atoms with Gasteiger partial charge in [-0.05, 0) is 96.6 Å². The number of nitrogens with one attached hydrogen (secondary N) is 1. The Labute approximate surface area is 312 Å². The number of nitriles is 1. The van der Waals surface area contributed by atoms with Gasteiger partial charge in [0.1, 0.15) is 11.4 Å². The fourth-order valence-electron chi connectivity index (χ4n) is 7.22. The minimum absolute atomic E-state index is 0.0551. The number of benzene rings is 4. The van der Waals surface area contributed by atoms with E-state index < -0.39 is 50.6 Å². The SMILES string of the molecule is CN1CCN(Cc2cccc(-c3cccc(CC(O)(C(=O)Nc4ccc(C#N)c(C(F)(F)F)c4)C4CCN(S(=O)(=O)c5ccc(F)cc5)CC4)c3)c2)CC1. The first kappa shape index (κ1) is 39.1. The number of aliphatic hydroxyl groups is 1. The Bertz CT molecular complexity index is 2130. The number of amides is 1. The van der Waals surface area contributed by atoms with Gasteiger partial charge in [-0.15, -0.1) is 0 Å². The number of rotatable bonds is 10. The molecule has 1 amide bonds. The summed E-state index contributed by atoms with van der Waals surface area (Å²) in [7, 11) is -1.90. The van der Waals surface area contributed by atoms with Gasteiger partial charge in [-0.1, -0.05) is 42.5 Å². The van der Waals surface area contributed by atoms with E-state index in [0.717, 1.165) is 67.6 Å². The summed E-state index contributed by atoms with van der Waals surface area (Å²) < 4.78 is 82.8. The Kier molecular flexibility index (Phi) is 11.6. The smallest absolute Gasteiger partial charge is 0.379 e. The summed E-state index contributed by atoms with van der Waals surface area (Å²) in [6.45, 7) is 4.60. The molecule has 1 unspecified atom stereocenters. The predicted octanol–water partition coefficient (Wildman–Crippen LogP) is 6.14. The summed E-state index contributed by atoms with van der Waals surface area (Å²) in [5.74, 6) is -2.34. The lowest BCUT2D eigenvalue weighted by molar-refractivity contribution is -0.142. The van der Waals surface area contributed by atoms with E-state index in [4.69, 9.17) is 0 Å². The number of hydrogen-bond acceptors (Lipinski definition) is 7. The van der Waals surface area contributed by atoms with Gasteiger partial charge in [0.25, 0.3) is 5.91 Å². The van der Waals surface area contributed by atoms with Crippen LogP contribution < -0.4 is 5.32 Å². The normalized spacial score (nSPS) is 17.8. The lowest BCUT2D eigenvalue weighted by Crippen LogP contribution is -2.54. The van der Waals surface area contributed by atoms with Crippen molar-refractivity contribution in [1.29, 1.82) is 5.26 Å². The van der Waals surface area contributed by atoms with Gasteiger partial charge < -0.3 is 15.3 Å². The van der Waals surface area contributed by atoms with Crippen molar-refractivity contribution in [3.8, 4) is 17.2 Å². The molecule has 2 saturated heterocycles. The second-order valence-corrected chi connectivity index (χ2v) is 16.0. The van der Waals surface area contributed by atoms with Crippen LogP contribution in [0.25, 0.3) is 11.1 Å². The van der Waals surface area contributed by atoms with Crippen LogP contribution in [-0.2, 0) is 34.0 Å². The van der Waals surface area contributed by atoms with Crippen molar-refractivity contribution in [2.45, 2.75) is 42.5 Å². The number of anilines is 1. The zero-order valence-electron chi connectivity index (χ0n) is 29.7. The van der Waals surface area contributed by atoms with Gasteiger partial charge in [0.2, 0.25) is 10.0 Å². The number of alkyl halides is 3. The summed E-state index contributed by atoms with van der Waals surface area (Å²) in [4.78, 5) is 18.7. The maximum atomic E-state index is 14.1. The topological polar surface area (TPSA) is 117 Å². The summed E-state index contributed by atoms with van der Waals surface area (Å²) >= 11 is 0. The molecule has 2 aliphatic rings. The summed E-state index contributed by atoms with van der Waals surface area (Å²) in [6.07, 6.45) is -4.97. The van der Waals surface area contributed by atoms with E-state index in [1.807, 2.05) is 30.3 Å². The zero-order chi connectivity index (χ0) is 38.7. The predicted molar refractivity (Wildman–Crippen MR) is 196 cm³/mol. The van der Waals surface area contributed by atoms with Gasteiger partial charge in [-0.25, -0.2) is 12.8 Å². The monoisotopic (exact) mass is 763 g/mol. The average molecular weight is 764 g/mol. The molecule has 0 aromatic heterocycles. The van der Waals surface area contributed by atoms with Crippen LogP contribution in [-0.4, -0.2) is 85.5 Å². The van der Waals surface area contributed by atoms with Crippen molar-refractivity contribution in [2.75, 3.05) is 51.6 Å². The number of piperazine rings is 1. The Balaban J connectivity index is 1.27. The van der Waals surface area contributed by atoms with Crippen molar-refractivity contribution < 1.29 is 35.9 Å². The van der Waals surface area contributed by atoms with Crippen LogP contribution in [0.1, 0.15) is 35.1 Å². The molecule has 0 aliphatic carbocycles.